The van der Waals surface area contributed by atoms with Crippen molar-refractivity contribution in [3.8, 4) is 0 Å². The van der Waals surface area contributed by atoms with Crippen LogP contribution in [0.4, 0.5) is 0 Å². The van der Waals surface area contributed by atoms with Gasteiger partial charge in [0.15, 0.2) is 5.78 Å². The fraction of sp³-hybridized carbons (Fsp3) is 0.840. The zero-order valence-corrected chi connectivity index (χ0v) is 18.4. The van der Waals surface area contributed by atoms with Crippen LogP contribution in [0.5, 0.6) is 0 Å². The molecule has 0 amide bonds. The van der Waals surface area contributed by atoms with Gasteiger partial charge in [-0.15, -0.1) is 0 Å². The number of carboxylic acids is 1. The second kappa shape index (κ2) is 7.21. The van der Waals surface area contributed by atoms with Crippen LogP contribution in [0, 0.1) is 34.5 Å². The Kier molecular flexibility index (Phi) is 5.25. The number of ketones is 1. The summed E-state index contributed by atoms with van der Waals surface area (Å²) in [6.45, 7) is 6.91. The summed E-state index contributed by atoms with van der Waals surface area (Å²) >= 11 is 0. The van der Waals surface area contributed by atoms with Gasteiger partial charge in [0.05, 0.1) is 5.60 Å². The molecule has 0 unspecified atom stereocenters. The molecule has 162 valence electrons. The van der Waals surface area contributed by atoms with E-state index in [1.165, 1.54) is 12.0 Å². The molecule has 0 heterocycles. The number of hydrogen-bond acceptors (Lipinski definition) is 3. The average molecular weight is 403 g/mol. The smallest absolute Gasteiger partial charge is 0.303 e. The minimum absolute atomic E-state index is 0.0536. The van der Waals surface area contributed by atoms with Crippen LogP contribution in [0.25, 0.3) is 0 Å². The molecule has 3 saturated carbocycles. The van der Waals surface area contributed by atoms with E-state index in [0.29, 0.717) is 42.3 Å². The number of carbonyl (C=O) groups excluding carboxylic acids is 1. The van der Waals surface area contributed by atoms with Crippen LogP contribution in [-0.2, 0) is 9.59 Å². The maximum Gasteiger partial charge on any atom is 0.303 e. The lowest BCUT2D eigenvalue weighted by Crippen LogP contribution is -2.57. The van der Waals surface area contributed by atoms with Gasteiger partial charge in [-0.2, -0.15) is 0 Å². The summed E-state index contributed by atoms with van der Waals surface area (Å²) in [6.07, 6.45) is 11.3. The minimum Gasteiger partial charge on any atom is -0.481 e. The summed E-state index contributed by atoms with van der Waals surface area (Å²) in [6, 6.07) is 0. The monoisotopic (exact) mass is 402 g/mol. The lowest BCUT2D eigenvalue weighted by atomic mass is 9.43. The van der Waals surface area contributed by atoms with Crippen LogP contribution in [0.3, 0.4) is 0 Å². The van der Waals surface area contributed by atoms with E-state index < -0.39 is 11.6 Å². The predicted octanol–water partition coefficient (Wildman–Crippen LogP) is 5.14. The number of carbonyl (C=O) groups is 2. The molecule has 0 radical (unpaired) electrons. The third-order valence-corrected chi connectivity index (χ3v) is 9.87. The minimum atomic E-state index is -0.850. The predicted molar refractivity (Wildman–Crippen MR) is 112 cm³/mol. The zero-order valence-electron chi connectivity index (χ0n) is 18.4. The van der Waals surface area contributed by atoms with E-state index in [2.05, 4.69) is 20.8 Å². The Morgan fingerprint density at radius 3 is 2.59 bits per heavy atom. The molecular formula is C25H38O4. The van der Waals surface area contributed by atoms with Crippen LogP contribution >= 0.6 is 0 Å². The molecule has 0 spiro atoms. The van der Waals surface area contributed by atoms with Crippen molar-refractivity contribution in [3.63, 3.8) is 0 Å². The standard InChI is InChI=1S/C25H38O4/c1-4-5-16-14-17-15-18(26)6-10-23(17,2)19-7-11-24(3)20(22(16)19)8-12-25(24,29)13-9-21(27)28/h15-16,19-20,22,29H,4-14H2,1-3H3,(H,27,28)/t16-,19-,20-,22-,23+,24+,25+/m1/s1. The molecule has 4 heteroatoms. The Morgan fingerprint density at radius 2 is 1.90 bits per heavy atom. The van der Waals surface area contributed by atoms with Crippen LogP contribution in [0.1, 0.15) is 91.4 Å². The molecule has 3 fully saturated rings. The van der Waals surface area contributed by atoms with Gasteiger partial charge in [0.1, 0.15) is 0 Å². The van der Waals surface area contributed by atoms with E-state index in [-0.39, 0.29) is 17.3 Å². The quantitative estimate of drug-likeness (QED) is 0.668. The molecule has 0 aromatic carbocycles. The fourth-order valence-corrected chi connectivity index (χ4v) is 8.21. The van der Waals surface area contributed by atoms with Gasteiger partial charge < -0.3 is 10.2 Å². The van der Waals surface area contributed by atoms with Crippen molar-refractivity contribution in [1.82, 2.24) is 0 Å². The molecule has 4 nitrogen and oxygen atoms in total. The molecule has 0 saturated heterocycles. The lowest BCUT2D eigenvalue weighted by Gasteiger charge is -2.61. The second-order valence-corrected chi connectivity index (χ2v) is 11.0. The maximum absolute atomic E-state index is 12.2. The van der Waals surface area contributed by atoms with E-state index in [1.807, 2.05) is 6.08 Å². The molecule has 0 bridgehead atoms. The van der Waals surface area contributed by atoms with Crippen LogP contribution in [0.2, 0.25) is 0 Å². The number of rotatable bonds is 5. The molecule has 4 rings (SSSR count). The van der Waals surface area contributed by atoms with Crippen LogP contribution in [0.15, 0.2) is 11.6 Å². The third-order valence-electron chi connectivity index (χ3n) is 9.87. The van der Waals surface area contributed by atoms with E-state index in [4.69, 9.17) is 0 Å². The molecule has 0 aromatic heterocycles. The van der Waals surface area contributed by atoms with Crippen molar-refractivity contribution in [2.75, 3.05) is 0 Å². The Balaban J connectivity index is 1.69. The maximum atomic E-state index is 12.2. The van der Waals surface area contributed by atoms with Gasteiger partial charge >= 0.3 is 5.97 Å². The number of aliphatic hydroxyl groups is 1. The first-order chi connectivity index (χ1) is 13.6. The zero-order chi connectivity index (χ0) is 21.0. The van der Waals surface area contributed by atoms with E-state index in [9.17, 15) is 19.8 Å². The largest absolute Gasteiger partial charge is 0.481 e. The number of hydrogen-bond donors (Lipinski definition) is 2. The fourth-order valence-electron chi connectivity index (χ4n) is 8.21. The number of allylic oxidation sites excluding steroid dienone is 1. The van der Waals surface area contributed by atoms with Crippen molar-refractivity contribution in [2.24, 2.45) is 34.5 Å². The first kappa shape index (κ1) is 21.1. The molecule has 0 aliphatic heterocycles. The summed E-state index contributed by atoms with van der Waals surface area (Å²) < 4.78 is 0. The first-order valence-electron chi connectivity index (χ1n) is 11.8. The van der Waals surface area contributed by atoms with Gasteiger partial charge in [0.2, 0.25) is 0 Å². The van der Waals surface area contributed by atoms with E-state index >= 15 is 0 Å². The molecule has 7 atom stereocenters. The summed E-state index contributed by atoms with van der Waals surface area (Å²) in [5.41, 5.74) is 0.497. The van der Waals surface area contributed by atoms with Crippen molar-refractivity contribution in [3.05, 3.63) is 11.6 Å². The Labute approximate surface area is 175 Å². The molecular weight excluding hydrogens is 364 g/mol. The number of carboxylic acid groups (broad SMARTS) is 1. The van der Waals surface area contributed by atoms with Crippen molar-refractivity contribution in [1.29, 1.82) is 0 Å². The molecule has 29 heavy (non-hydrogen) atoms. The van der Waals surface area contributed by atoms with Crippen molar-refractivity contribution in [2.45, 2.75) is 97.0 Å². The Bertz CT molecular complexity index is 726. The third kappa shape index (κ3) is 3.12. The highest BCUT2D eigenvalue weighted by atomic mass is 16.4. The highest BCUT2D eigenvalue weighted by Crippen LogP contribution is 2.69. The Morgan fingerprint density at radius 1 is 1.17 bits per heavy atom. The average Bonchev–Trinajstić information content (AvgIpc) is 2.93. The Hall–Kier alpha value is -1.16. The number of aliphatic carboxylic acids is 1. The molecule has 4 aliphatic rings. The summed E-state index contributed by atoms with van der Waals surface area (Å²) in [5, 5.41) is 20.8. The summed E-state index contributed by atoms with van der Waals surface area (Å²) in [7, 11) is 0. The van der Waals surface area contributed by atoms with Gasteiger partial charge in [0.25, 0.3) is 0 Å². The highest BCUT2D eigenvalue weighted by molar-refractivity contribution is 5.91. The topological polar surface area (TPSA) is 74.6 Å². The molecule has 2 N–H and O–H groups in total. The molecule has 0 aromatic rings. The van der Waals surface area contributed by atoms with Crippen molar-refractivity contribution < 1.29 is 19.8 Å². The van der Waals surface area contributed by atoms with Gasteiger partial charge in [-0.3, -0.25) is 9.59 Å². The number of fused-ring (bicyclic) bond motifs is 5. The van der Waals surface area contributed by atoms with Gasteiger partial charge in [-0.1, -0.05) is 39.2 Å². The molecule has 4 aliphatic carbocycles. The highest BCUT2D eigenvalue weighted by Gasteiger charge is 2.65. The van der Waals surface area contributed by atoms with Gasteiger partial charge in [0, 0.05) is 12.8 Å². The second-order valence-electron chi connectivity index (χ2n) is 11.0. The van der Waals surface area contributed by atoms with Gasteiger partial charge in [-0.05, 0) is 85.5 Å². The normalized spacial score (nSPS) is 46.5. The van der Waals surface area contributed by atoms with Crippen molar-refractivity contribution >= 4 is 11.8 Å². The first-order valence-corrected chi connectivity index (χ1v) is 11.8. The van der Waals surface area contributed by atoms with E-state index in [0.717, 1.165) is 44.9 Å². The van der Waals surface area contributed by atoms with E-state index in [1.54, 1.807) is 0 Å². The van der Waals surface area contributed by atoms with Crippen LogP contribution in [-0.4, -0.2) is 27.6 Å². The lowest BCUT2D eigenvalue weighted by molar-refractivity contribution is -0.152. The summed E-state index contributed by atoms with van der Waals surface area (Å²) in [5.74, 6) is 1.72. The summed E-state index contributed by atoms with van der Waals surface area (Å²) in [4.78, 5) is 23.4. The SMILES string of the molecule is CCC[C@@H]1CC2=CC(=O)CC[C@]2(C)[C@@H]2CC[C@@]3(C)[C@H](CC[C@]3(O)CCC(=O)O)[C@H]12. The van der Waals surface area contributed by atoms with Crippen LogP contribution < -0.4 is 0 Å². The van der Waals surface area contributed by atoms with Gasteiger partial charge in [-0.25, -0.2) is 0 Å².